The molecule has 4 aromatic rings. The molecule has 0 atom stereocenters. The Balaban J connectivity index is 1.73. The largest absolute Gasteiger partial charge is 0.497 e. The van der Waals surface area contributed by atoms with Crippen LogP contribution in [0.1, 0.15) is 5.56 Å². The van der Waals surface area contributed by atoms with Gasteiger partial charge in [-0.1, -0.05) is 24.3 Å². The number of benzene rings is 2. The summed E-state index contributed by atoms with van der Waals surface area (Å²) in [6, 6.07) is 10.5. The van der Waals surface area contributed by atoms with Crippen LogP contribution in [0.2, 0.25) is 0 Å². The average molecular weight is 394 g/mol. The Morgan fingerprint density at radius 3 is 2.48 bits per heavy atom. The van der Waals surface area contributed by atoms with Gasteiger partial charge in [-0.2, -0.15) is 0 Å². The molecule has 2 aromatic heterocycles. The van der Waals surface area contributed by atoms with Crippen LogP contribution in [0.4, 0.5) is 0 Å². The summed E-state index contributed by atoms with van der Waals surface area (Å²) in [5.41, 5.74) is 1.23. The van der Waals surface area contributed by atoms with Gasteiger partial charge >= 0.3 is 5.69 Å². The summed E-state index contributed by atoms with van der Waals surface area (Å²) < 4.78 is 11.8. The maximum absolute atomic E-state index is 12.6. The van der Waals surface area contributed by atoms with E-state index < -0.39 is 5.69 Å². The molecule has 0 radical (unpaired) electrons. The molecule has 4 rings (SSSR count). The lowest BCUT2D eigenvalue weighted by atomic mass is 10.1. The van der Waals surface area contributed by atoms with Gasteiger partial charge in [0.15, 0.2) is 0 Å². The first-order valence-electron chi connectivity index (χ1n) is 8.72. The molecule has 148 valence electrons. The standard InChI is InChI=1S/C20H18N4O5/c1-28-13-7-14-17(15(8-13)29-2)19(26)23-18(22-14)12-5-3-11(4-6-12)10-24-16(25)9-21-20(24)27/h3-9,25H,10H2,1-2H3,(H,21,27)(H,22,23,26). The fourth-order valence-corrected chi connectivity index (χ4v) is 3.12. The van der Waals surface area contributed by atoms with Crippen molar-refractivity contribution in [1.82, 2.24) is 19.5 Å². The second-order valence-corrected chi connectivity index (χ2v) is 6.37. The molecule has 2 aromatic carbocycles. The van der Waals surface area contributed by atoms with Crippen LogP contribution in [-0.2, 0) is 6.54 Å². The topological polar surface area (TPSA) is 122 Å². The van der Waals surface area contributed by atoms with Crippen LogP contribution in [0.15, 0.2) is 52.2 Å². The number of aromatic nitrogens is 4. The molecule has 0 spiro atoms. The van der Waals surface area contributed by atoms with E-state index in [0.29, 0.717) is 33.8 Å². The Kier molecular flexibility index (Phi) is 4.55. The summed E-state index contributed by atoms with van der Waals surface area (Å²) in [6.45, 7) is 0.213. The molecule has 0 aliphatic rings. The number of ether oxygens (including phenoxy) is 2. The van der Waals surface area contributed by atoms with Gasteiger partial charge in [0.25, 0.3) is 5.56 Å². The SMILES string of the molecule is COc1cc(OC)c2c(=O)[nH]c(-c3ccc(Cn4c(O)c[nH]c4=O)cc3)nc2c1. The molecular formula is C20H18N4O5. The van der Waals surface area contributed by atoms with Gasteiger partial charge in [0.2, 0.25) is 5.88 Å². The van der Waals surface area contributed by atoms with Gasteiger partial charge in [-0.3, -0.25) is 9.36 Å². The number of nitrogens with one attached hydrogen (secondary N) is 2. The number of rotatable bonds is 5. The third kappa shape index (κ3) is 3.33. The van der Waals surface area contributed by atoms with E-state index in [-0.39, 0.29) is 18.0 Å². The van der Waals surface area contributed by atoms with Gasteiger partial charge in [0, 0.05) is 17.7 Å². The van der Waals surface area contributed by atoms with Crippen LogP contribution in [0.3, 0.4) is 0 Å². The number of methoxy groups -OCH3 is 2. The summed E-state index contributed by atoms with van der Waals surface area (Å²) in [5, 5.41) is 10.0. The Bertz CT molecular complexity index is 1300. The molecule has 0 fully saturated rings. The van der Waals surface area contributed by atoms with Crippen LogP contribution in [0, 0.1) is 0 Å². The van der Waals surface area contributed by atoms with Gasteiger partial charge < -0.3 is 24.5 Å². The van der Waals surface area contributed by atoms with Gasteiger partial charge in [-0.25, -0.2) is 9.78 Å². The first-order valence-corrected chi connectivity index (χ1v) is 8.72. The first kappa shape index (κ1) is 18.4. The zero-order valence-electron chi connectivity index (χ0n) is 15.7. The van der Waals surface area contributed by atoms with Crippen molar-refractivity contribution in [3.05, 3.63) is 69.0 Å². The number of aromatic amines is 2. The minimum absolute atomic E-state index is 0.137. The third-order valence-corrected chi connectivity index (χ3v) is 4.62. The fraction of sp³-hybridized carbons (Fsp3) is 0.150. The van der Waals surface area contributed by atoms with Crippen molar-refractivity contribution in [2.75, 3.05) is 14.2 Å². The van der Waals surface area contributed by atoms with E-state index in [0.717, 1.165) is 5.56 Å². The summed E-state index contributed by atoms with van der Waals surface area (Å²) in [6.07, 6.45) is 1.24. The van der Waals surface area contributed by atoms with Crippen LogP contribution >= 0.6 is 0 Å². The summed E-state index contributed by atoms with van der Waals surface area (Å²) in [4.78, 5) is 34.0. The minimum Gasteiger partial charge on any atom is -0.497 e. The number of hydrogen-bond acceptors (Lipinski definition) is 6. The maximum atomic E-state index is 12.6. The highest BCUT2D eigenvalue weighted by Gasteiger charge is 2.13. The second kappa shape index (κ2) is 7.19. The van der Waals surface area contributed by atoms with E-state index >= 15 is 0 Å². The molecule has 29 heavy (non-hydrogen) atoms. The third-order valence-electron chi connectivity index (χ3n) is 4.62. The highest BCUT2D eigenvalue weighted by atomic mass is 16.5. The van der Waals surface area contributed by atoms with Crippen LogP contribution < -0.4 is 20.7 Å². The Hall–Kier alpha value is -4.01. The zero-order chi connectivity index (χ0) is 20.5. The molecule has 9 nitrogen and oxygen atoms in total. The van der Waals surface area contributed by atoms with Crippen molar-refractivity contribution in [1.29, 1.82) is 0 Å². The van der Waals surface area contributed by atoms with Crippen molar-refractivity contribution in [2.45, 2.75) is 6.54 Å². The van der Waals surface area contributed by atoms with Crippen molar-refractivity contribution in [3.63, 3.8) is 0 Å². The van der Waals surface area contributed by atoms with Crippen LogP contribution in [-0.4, -0.2) is 38.8 Å². The smallest absolute Gasteiger partial charge is 0.328 e. The molecule has 0 aliphatic carbocycles. The predicted molar refractivity (Wildman–Crippen MR) is 107 cm³/mol. The Labute approximate surface area is 164 Å². The normalized spacial score (nSPS) is 11.0. The summed E-state index contributed by atoms with van der Waals surface area (Å²) in [5.74, 6) is 1.17. The first-order chi connectivity index (χ1) is 14.0. The monoisotopic (exact) mass is 394 g/mol. The van der Waals surface area contributed by atoms with E-state index in [2.05, 4.69) is 15.0 Å². The molecule has 2 heterocycles. The number of imidazole rings is 1. The maximum Gasteiger partial charge on any atom is 0.328 e. The molecule has 0 saturated carbocycles. The Morgan fingerprint density at radius 1 is 1.10 bits per heavy atom. The summed E-state index contributed by atoms with van der Waals surface area (Å²) >= 11 is 0. The second-order valence-electron chi connectivity index (χ2n) is 6.37. The van der Waals surface area contributed by atoms with E-state index in [1.54, 1.807) is 36.4 Å². The van der Waals surface area contributed by atoms with Gasteiger partial charge in [-0.05, 0) is 5.56 Å². The lowest BCUT2D eigenvalue weighted by molar-refractivity contribution is 0.397. The van der Waals surface area contributed by atoms with E-state index in [9.17, 15) is 14.7 Å². The van der Waals surface area contributed by atoms with E-state index in [4.69, 9.17) is 9.47 Å². The average Bonchev–Trinajstić information content (AvgIpc) is 3.05. The molecule has 9 heteroatoms. The molecule has 3 N–H and O–H groups in total. The lowest BCUT2D eigenvalue weighted by Gasteiger charge is -2.10. The van der Waals surface area contributed by atoms with Crippen molar-refractivity contribution in [2.24, 2.45) is 0 Å². The summed E-state index contributed by atoms with van der Waals surface area (Å²) in [7, 11) is 3.01. The van der Waals surface area contributed by atoms with Crippen molar-refractivity contribution < 1.29 is 14.6 Å². The number of H-pyrrole nitrogens is 2. The molecule has 0 amide bonds. The highest BCUT2D eigenvalue weighted by molar-refractivity contribution is 5.87. The predicted octanol–water partition coefficient (Wildman–Crippen LogP) is 1.85. The van der Waals surface area contributed by atoms with Gasteiger partial charge in [0.1, 0.15) is 22.7 Å². The lowest BCUT2D eigenvalue weighted by Crippen LogP contribution is -2.17. The zero-order valence-corrected chi connectivity index (χ0v) is 15.7. The highest BCUT2D eigenvalue weighted by Crippen LogP contribution is 2.28. The number of hydrogen-bond donors (Lipinski definition) is 3. The van der Waals surface area contributed by atoms with Crippen LogP contribution in [0.25, 0.3) is 22.3 Å². The van der Waals surface area contributed by atoms with E-state index in [1.807, 2.05) is 0 Å². The van der Waals surface area contributed by atoms with Gasteiger partial charge in [-0.15, -0.1) is 0 Å². The quantitative estimate of drug-likeness (QED) is 0.475. The van der Waals surface area contributed by atoms with Crippen LogP contribution in [0.5, 0.6) is 17.4 Å². The fourth-order valence-electron chi connectivity index (χ4n) is 3.12. The minimum atomic E-state index is -0.394. The Morgan fingerprint density at radius 2 is 1.86 bits per heavy atom. The molecular weight excluding hydrogens is 376 g/mol. The number of aromatic hydroxyl groups is 1. The molecule has 0 unspecified atom stereocenters. The molecule has 0 saturated heterocycles. The van der Waals surface area contributed by atoms with Gasteiger partial charge in [0.05, 0.1) is 32.5 Å². The molecule has 0 bridgehead atoms. The number of nitrogens with zero attached hydrogens (tertiary/aromatic N) is 2. The molecule has 0 aliphatic heterocycles. The number of fused-ring (bicyclic) bond motifs is 1. The van der Waals surface area contributed by atoms with E-state index in [1.165, 1.54) is 25.0 Å². The van der Waals surface area contributed by atoms with Crippen molar-refractivity contribution >= 4 is 10.9 Å². The van der Waals surface area contributed by atoms with Crippen molar-refractivity contribution in [3.8, 4) is 28.8 Å².